The number of nitrogens with one attached hydrogen (secondary N) is 1. The Morgan fingerprint density at radius 2 is 1.92 bits per heavy atom. The van der Waals surface area contributed by atoms with Crippen LogP contribution in [-0.4, -0.2) is 19.6 Å². The summed E-state index contributed by atoms with van der Waals surface area (Å²) >= 11 is 11.9. The fraction of sp³-hybridized carbons (Fsp3) is 0.278. The SMILES string of the molecule is CCCOc1ccc(CNC(=O)c2ccc(Cl)cc2Cl)cc1OC. The van der Waals surface area contributed by atoms with Gasteiger partial charge in [-0.2, -0.15) is 0 Å². The van der Waals surface area contributed by atoms with Crippen LogP contribution in [0.15, 0.2) is 36.4 Å². The summed E-state index contributed by atoms with van der Waals surface area (Å²) < 4.78 is 10.9. The van der Waals surface area contributed by atoms with Gasteiger partial charge in [-0.3, -0.25) is 4.79 Å². The Bertz CT molecular complexity index is 719. The van der Waals surface area contributed by atoms with E-state index in [-0.39, 0.29) is 5.91 Å². The lowest BCUT2D eigenvalue weighted by Gasteiger charge is -2.12. The molecule has 0 spiro atoms. The summed E-state index contributed by atoms with van der Waals surface area (Å²) in [6, 6.07) is 10.3. The molecule has 6 heteroatoms. The number of hydrogen-bond acceptors (Lipinski definition) is 3. The van der Waals surface area contributed by atoms with E-state index in [9.17, 15) is 4.79 Å². The van der Waals surface area contributed by atoms with Crippen molar-refractivity contribution < 1.29 is 14.3 Å². The van der Waals surface area contributed by atoms with E-state index in [1.807, 2.05) is 25.1 Å². The number of hydrogen-bond donors (Lipinski definition) is 1. The first-order chi connectivity index (χ1) is 11.5. The maximum Gasteiger partial charge on any atom is 0.253 e. The number of methoxy groups -OCH3 is 1. The number of carbonyl (C=O) groups excluding carboxylic acids is 1. The molecule has 0 saturated heterocycles. The minimum Gasteiger partial charge on any atom is -0.493 e. The zero-order valence-corrected chi connectivity index (χ0v) is 15.1. The Kier molecular flexibility index (Phi) is 6.76. The Labute approximate surface area is 151 Å². The second-order valence-electron chi connectivity index (χ2n) is 5.14. The molecule has 128 valence electrons. The molecule has 0 atom stereocenters. The van der Waals surface area contributed by atoms with E-state index in [4.69, 9.17) is 32.7 Å². The maximum absolute atomic E-state index is 12.2. The second-order valence-corrected chi connectivity index (χ2v) is 5.98. The maximum atomic E-state index is 12.2. The van der Waals surface area contributed by atoms with Crippen molar-refractivity contribution in [1.82, 2.24) is 5.32 Å². The smallest absolute Gasteiger partial charge is 0.253 e. The molecule has 0 aliphatic carbocycles. The monoisotopic (exact) mass is 367 g/mol. The average Bonchev–Trinajstić information content (AvgIpc) is 2.58. The van der Waals surface area contributed by atoms with Gasteiger partial charge in [0.2, 0.25) is 0 Å². The molecule has 0 fully saturated rings. The van der Waals surface area contributed by atoms with E-state index in [0.29, 0.717) is 40.3 Å². The molecule has 1 N–H and O–H groups in total. The van der Waals surface area contributed by atoms with Crippen LogP contribution in [0.1, 0.15) is 29.3 Å². The Morgan fingerprint density at radius 3 is 2.58 bits per heavy atom. The highest BCUT2D eigenvalue weighted by molar-refractivity contribution is 6.36. The summed E-state index contributed by atoms with van der Waals surface area (Å²) in [4.78, 5) is 12.2. The van der Waals surface area contributed by atoms with Crippen molar-refractivity contribution in [2.24, 2.45) is 0 Å². The molecule has 0 unspecified atom stereocenters. The summed E-state index contributed by atoms with van der Waals surface area (Å²) in [6.07, 6.45) is 0.919. The molecular formula is C18H19Cl2NO3. The predicted molar refractivity (Wildman–Crippen MR) is 96.4 cm³/mol. The van der Waals surface area contributed by atoms with Gasteiger partial charge in [0.15, 0.2) is 11.5 Å². The molecule has 0 aromatic heterocycles. The van der Waals surface area contributed by atoms with E-state index in [1.54, 1.807) is 25.3 Å². The van der Waals surface area contributed by atoms with Crippen molar-refractivity contribution in [2.75, 3.05) is 13.7 Å². The van der Waals surface area contributed by atoms with Gasteiger partial charge in [0.25, 0.3) is 5.91 Å². The molecule has 0 radical (unpaired) electrons. The molecule has 2 rings (SSSR count). The molecule has 0 bridgehead atoms. The first-order valence-corrected chi connectivity index (χ1v) is 8.33. The van der Waals surface area contributed by atoms with Crippen molar-refractivity contribution in [3.8, 4) is 11.5 Å². The normalized spacial score (nSPS) is 10.3. The van der Waals surface area contributed by atoms with E-state index < -0.39 is 0 Å². The summed E-state index contributed by atoms with van der Waals surface area (Å²) in [6.45, 7) is 3.02. The van der Waals surface area contributed by atoms with Crippen LogP contribution in [0, 0.1) is 0 Å². The number of halogens is 2. The number of rotatable bonds is 7. The van der Waals surface area contributed by atoms with Crippen molar-refractivity contribution in [2.45, 2.75) is 19.9 Å². The van der Waals surface area contributed by atoms with Gasteiger partial charge in [0.1, 0.15) is 0 Å². The molecule has 1 amide bonds. The van der Waals surface area contributed by atoms with Gasteiger partial charge < -0.3 is 14.8 Å². The van der Waals surface area contributed by atoms with E-state index in [0.717, 1.165) is 12.0 Å². The molecule has 2 aromatic rings. The summed E-state index contributed by atoms with van der Waals surface area (Å²) in [5.41, 5.74) is 1.28. The predicted octanol–water partition coefficient (Wildman–Crippen LogP) is 4.72. The molecule has 0 aliphatic rings. The highest BCUT2D eigenvalue weighted by atomic mass is 35.5. The summed E-state index contributed by atoms with van der Waals surface area (Å²) in [5, 5.41) is 3.64. The van der Waals surface area contributed by atoms with Crippen molar-refractivity contribution in [1.29, 1.82) is 0 Å². The number of carbonyl (C=O) groups is 1. The van der Waals surface area contributed by atoms with Gasteiger partial charge in [-0.15, -0.1) is 0 Å². The standard InChI is InChI=1S/C18H19Cl2NO3/c1-3-8-24-16-7-4-12(9-17(16)23-2)11-21-18(22)14-6-5-13(19)10-15(14)20/h4-7,9-10H,3,8,11H2,1-2H3,(H,21,22). The van der Waals surface area contributed by atoms with Crippen LogP contribution in [-0.2, 0) is 6.54 Å². The van der Waals surface area contributed by atoms with E-state index in [2.05, 4.69) is 5.32 Å². The number of amides is 1. The first kappa shape index (κ1) is 18.4. The van der Waals surface area contributed by atoms with Crippen molar-refractivity contribution >= 4 is 29.1 Å². The minimum absolute atomic E-state index is 0.262. The average molecular weight is 368 g/mol. The second kappa shape index (κ2) is 8.81. The lowest BCUT2D eigenvalue weighted by Crippen LogP contribution is -2.23. The lowest BCUT2D eigenvalue weighted by atomic mass is 10.1. The third-order valence-electron chi connectivity index (χ3n) is 3.32. The number of ether oxygens (including phenoxy) is 2. The summed E-state index contributed by atoms with van der Waals surface area (Å²) in [7, 11) is 1.59. The highest BCUT2D eigenvalue weighted by Crippen LogP contribution is 2.28. The van der Waals surface area contributed by atoms with Gasteiger partial charge in [-0.1, -0.05) is 36.2 Å². The highest BCUT2D eigenvalue weighted by Gasteiger charge is 2.11. The first-order valence-electron chi connectivity index (χ1n) is 7.58. The lowest BCUT2D eigenvalue weighted by molar-refractivity contribution is 0.0951. The molecule has 4 nitrogen and oxygen atoms in total. The fourth-order valence-corrected chi connectivity index (χ4v) is 2.60. The summed E-state index contributed by atoms with van der Waals surface area (Å²) in [5.74, 6) is 1.07. The van der Waals surface area contributed by atoms with Gasteiger partial charge in [0, 0.05) is 11.6 Å². The van der Waals surface area contributed by atoms with Gasteiger partial charge in [-0.25, -0.2) is 0 Å². The topological polar surface area (TPSA) is 47.6 Å². The quantitative estimate of drug-likeness (QED) is 0.769. The largest absolute Gasteiger partial charge is 0.493 e. The Hall–Kier alpha value is -1.91. The van der Waals surface area contributed by atoms with Gasteiger partial charge in [-0.05, 0) is 42.3 Å². The molecule has 0 aliphatic heterocycles. The zero-order chi connectivity index (χ0) is 17.5. The molecule has 2 aromatic carbocycles. The van der Waals surface area contributed by atoms with Crippen LogP contribution in [0.2, 0.25) is 10.0 Å². The Morgan fingerprint density at radius 1 is 1.12 bits per heavy atom. The van der Waals surface area contributed by atoms with Crippen molar-refractivity contribution in [3.05, 3.63) is 57.6 Å². The van der Waals surface area contributed by atoms with Crippen LogP contribution in [0.5, 0.6) is 11.5 Å². The van der Waals surface area contributed by atoms with E-state index >= 15 is 0 Å². The zero-order valence-electron chi connectivity index (χ0n) is 13.6. The van der Waals surface area contributed by atoms with Crippen LogP contribution in [0.25, 0.3) is 0 Å². The molecule has 0 saturated carbocycles. The third-order valence-corrected chi connectivity index (χ3v) is 3.87. The molecule has 24 heavy (non-hydrogen) atoms. The van der Waals surface area contributed by atoms with E-state index in [1.165, 1.54) is 0 Å². The van der Waals surface area contributed by atoms with Crippen LogP contribution < -0.4 is 14.8 Å². The molecular weight excluding hydrogens is 349 g/mol. The Balaban J connectivity index is 2.04. The van der Waals surface area contributed by atoms with Crippen LogP contribution in [0.3, 0.4) is 0 Å². The van der Waals surface area contributed by atoms with Gasteiger partial charge in [0.05, 0.1) is 24.3 Å². The van der Waals surface area contributed by atoms with Gasteiger partial charge >= 0.3 is 0 Å². The van der Waals surface area contributed by atoms with Crippen LogP contribution >= 0.6 is 23.2 Å². The third kappa shape index (κ3) is 4.79. The number of benzene rings is 2. The molecule has 0 heterocycles. The minimum atomic E-state index is -0.262. The van der Waals surface area contributed by atoms with Crippen LogP contribution in [0.4, 0.5) is 0 Å². The fourth-order valence-electron chi connectivity index (χ4n) is 2.10. The van der Waals surface area contributed by atoms with Crippen molar-refractivity contribution in [3.63, 3.8) is 0 Å².